The highest BCUT2D eigenvalue weighted by atomic mass is 16.6. The van der Waals surface area contributed by atoms with Gasteiger partial charge in [0.2, 0.25) is 0 Å². The Hall–Kier alpha value is -3.02. The molecule has 3 N–H and O–H groups in total. The number of amides is 2. The largest absolute Gasteiger partial charge is 0.465 e. The van der Waals surface area contributed by atoms with Crippen molar-refractivity contribution >= 4 is 17.9 Å². The Bertz CT molecular complexity index is 701. The van der Waals surface area contributed by atoms with Gasteiger partial charge in [0.25, 0.3) is 0 Å². The number of carbonyl (C=O) groups is 2. The number of nitrogens with zero attached hydrogens (tertiary/aromatic N) is 1. The second-order valence-corrected chi connectivity index (χ2v) is 5.09. The van der Waals surface area contributed by atoms with Crippen LogP contribution in [0.2, 0.25) is 0 Å². The Labute approximate surface area is 134 Å². The van der Waals surface area contributed by atoms with Gasteiger partial charge in [0, 0.05) is 0 Å². The summed E-state index contributed by atoms with van der Waals surface area (Å²) in [7, 11) is 0. The van der Waals surface area contributed by atoms with Crippen molar-refractivity contribution in [2.24, 2.45) is 5.73 Å². The SMILES string of the molecule is Cc1cc(Cc2ccccc2)ccc1N(COC(N)=O)C(=O)O. The summed E-state index contributed by atoms with van der Waals surface area (Å²) in [5.41, 5.74) is 8.35. The van der Waals surface area contributed by atoms with Gasteiger partial charge in [0.15, 0.2) is 6.73 Å². The van der Waals surface area contributed by atoms with Crippen LogP contribution in [0.15, 0.2) is 48.5 Å². The Morgan fingerprint density at radius 3 is 2.39 bits per heavy atom. The van der Waals surface area contributed by atoms with Gasteiger partial charge in [-0.1, -0.05) is 42.5 Å². The van der Waals surface area contributed by atoms with Crippen LogP contribution < -0.4 is 10.6 Å². The summed E-state index contributed by atoms with van der Waals surface area (Å²) >= 11 is 0. The van der Waals surface area contributed by atoms with E-state index in [1.54, 1.807) is 6.07 Å². The number of carbonyl (C=O) groups excluding carboxylic acids is 1. The van der Waals surface area contributed by atoms with Crippen molar-refractivity contribution < 1.29 is 19.4 Å². The molecule has 6 heteroatoms. The van der Waals surface area contributed by atoms with E-state index in [1.165, 1.54) is 5.56 Å². The zero-order chi connectivity index (χ0) is 16.8. The van der Waals surface area contributed by atoms with E-state index in [4.69, 9.17) is 5.73 Å². The monoisotopic (exact) mass is 314 g/mol. The molecule has 6 nitrogen and oxygen atoms in total. The number of primary amides is 1. The molecule has 0 fully saturated rings. The van der Waals surface area contributed by atoms with Crippen LogP contribution in [0.3, 0.4) is 0 Å². The topological polar surface area (TPSA) is 92.9 Å². The van der Waals surface area contributed by atoms with Gasteiger partial charge in [0.05, 0.1) is 5.69 Å². The Morgan fingerprint density at radius 1 is 1.13 bits per heavy atom. The first-order valence-electron chi connectivity index (χ1n) is 7.03. The predicted molar refractivity (Wildman–Crippen MR) is 86.5 cm³/mol. The van der Waals surface area contributed by atoms with E-state index in [-0.39, 0.29) is 0 Å². The molecule has 0 saturated carbocycles. The van der Waals surface area contributed by atoms with Gasteiger partial charge in [0.1, 0.15) is 0 Å². The summed E-state index contributed by atoms with van der Waals surface area (Å²) in [5.74, 6) is 0. The van der Waals surface area contributed by atoms with Gasteiger partial charge in [-0.15, -0.1) is 0 Å². The average Bonchev–Trinajstić information content (AvgIpc) is 2.50. The van der Waals surface area contributed by atoms with Crippen molar-refractivity contribution in [2.75, 3.05) is 11.6 Å². The number of anilines is 1. The molecule has 0 unspecified atom stereocenters. The molecule has 0 aliphatic rings. The van der Waals surface area contributed by atoms with Crippen LogP contribution in [-0.2, 0) is 11.2 Å². The summed E-state index contributed by atoms with van der Waals surface area (Å²) in [6.07, 6.45) is -1.48. The maximum atomic E-state index is 11.3. The number of ether oxygens (including phenoxy) is 1. The third kappa shape index (κ3) is 4.47. The van der Waals surface area contributed by atoms with Crippen molar-refractivity contribution in [1.82, 2.24) is 0 Å². The molecule has 2 aromatic rings. The third-order valence-corrected chi connectivity index (χ3v) is 3.37. The first-order valence-corrected chi connectivity index (χ1v) is 7.03. The van der Waals surface area contributed by atoms with Gasteiger partial charge in [-0.05, 0) is 36.1 Å². The van der Waals surface area contributed by atoms with Crippen LogP contribution in [0.4, 0.5) is 15.3 Å². The van der Waals surface area contributed by atoms with Gasteiger partial charge >= 0.3 is 12.2 Å². The van der Waals surface area contributed by atoms with Gasteiger partial charge in [-0.25, -0.2) is 14.5 Å². The van der Waals surface area contributed by atoms with E-state index in [0.717, 1.165) is 22.4 Å². The molecule has 2 aromatic carbocycles. The summed E-state index contributed by atoms with van der Waals surface area (Å²) < 4.78 is 4.58. The minimum Gasteiger partial charge on any atom is -0.465 e. The van der Waals surface area contributed by atoms with Gasteiger partial charge in [-0.2, -0.15) is 0 Å². The van der Waals surface area contributed by atoms with Crippen molar-refractivity contribution in [2.45, 2.75) is 13.3 Å². The number of aryl methyl sites for hydroxylation is 1. The zero-order valence-electron chi connectivity index (χ0n) is 12.7. The van der Waals surface area contributed by atoms with Gasteiger partial charge < -0.3 is 15.6 Å². The van der Waals surface area contributed by atoms with Gasteiger partial charge in [-0.3, -0.25) is 0 Å². The van der Waals surface area contributed by atoms with Crippen LogP contribution >= 0.6 is 0 Å². The van der Waals surface area contributed by atoms with Crippen molar-refractivity contribution in [3.8, 4) is 0 Å². The summed E-state index contributed by atoms with van der Waals surface area (Å²) in [6.45, 7) is 1.37. The minimum absolute atomic E-state index is 0.441. The van der Waals surface area contributed by atoms with E-state index in [1.807, 2.05) is 49.4 Å². The molecular weight excluding hydrogens is 296 g/mol. The number of nitrogens with two attached hydrogens (primary N) is 1. The minimum atomic E-state index is -1.22. The van der Waals surface area contributed by atoms with E-state index in [0.29, 0.717) is 5.69 Å². The standard InChI is InChI=1S/C17H18N2O4/c1-12-9-14(10-13-5-3-2-4-6-13)7-8-15(12)19(17(21)22)11-23-16(18)20/h2-9H,10-11H2,1H3,(H2,18,20)(H,21,22). The van der Waals surface area contributed by atoms with E-state index < -0.39 is 18.9 Å². The number of benzene rings is 2. The molecule has 23 heavy (non-hydrogen) atoms. The molecule has 120 valence electrons. The molecule has 2 rings (SSSR count). The molecule has 0 heterocycles. The van der Waals surface area contributed by atoms with Crippen LogP contribution in [0.1, 0.15) is 16.7 Å². The predicted octanol–water partition coefficient (Wildman–Crippen LogP) is 3.12. The highest BCUT2D eigenvalue weighted by Gasteiger charge is 2.18. The number of hydrogen-bond donors (Lipinski definition) is 2. The fraction of sp³-hybridized carbons (Fsp3) is 0.176. The molecule has 0 spiro atoms. The Kier molecular flexibility index (Phi) is 5.19. The van der Waals surface area contributed by atoms with Crippen molar-refractivity contribution in [3.63, 3.8) is 0 Å². The molecule has 0 aliphatic carbocycles. The van der Waals surface area contributed by atoms with E-state index in [9.17, 15) is 14.7 Å². The summed E-state index contributed by atoms with van der Waals surface area (Å²) in [5, 5.41) is 9.26. The van der Waals surface area contributed by atoms with Crippen molar-refractivity contribution in [1.29, 1.82) is 0 Å². The average molecular weight is 314 g/mol. The normalized spacial score (nSPS) is 10.1. The van der Waals surface area contributed by atoms with Crippen LogP contribution in [0, 0.1) is 6.92 Å². The van der Waals surface area contributed by atoms with E-state index >= 15 is 0 Å². The lowest BCUT2D eigenvalue weighted by molar-refractivity contribution is 0.150. The lowest BCUT2D eigenvalue weighted by atomic mass is 10.0. The smallest absolute Gasteiger partial charge is 0.414 e. The highest BCUT2D eigenvalue weighted by molar-refractivity contribution is 5.87. The molecule has 0 aromatic heterocycles. The second kappa shape index (κ2) is 7.31. The number of carboxylic acid groups (broad SMARTS) is 1. The molecular formula is C17H18N2O4. The molecule has 0 bridgehead atoms. The summed E-state index contributed by atoms with van der Waals surface area (Å²) in [6, 6.07) is 15.5. The Morgan fingerprint density at radius 2 is 1.83 bits per heavy atom. The lowest BCUT2D eigenvalue weighted by Gasteiger charge is -2.21. The second-order valence-electron chi connectivity index (χ2n) is 5.09. The quantitative estimate of drug-likeness (QED) is 0.829. The maximum Gasteiger partial charge on any atom is 0.414 e. The molecule has 0 atom stereocenters. The summed E-state index contributed by atoms with van der Waals surface area (Å²) in [4.78, 5) is 23.0. The molecule has 0 aliphatic heterocycles. The first-order chi connectivity index (χ1) is 11.0. The molecule has 0 radical (unpaired) electrons. The van der Waals surface area contributed by atoms with E-state index in [2.05, 4.69) is 4.74 Å². The maximum absolute atomic E-state index is 11.3. The zero-order valence-corrected chi connectivity index (χ0v) is 12.7. The van der Waals surface area contributed by atoms with Crippen molar-refractivity contribution in [3.05, 3.63) is 65.2 Å². The third-order valence-electron chi connectivity index (χ3n) is 3.37. The Balaban J connectivity index is 2.19. The lowest BCUT2D eigenvalue weighted by Crippen LogP contribution is -2.34. The molecule has 2 amide bonds. The number of rotatable bonds is 5. The fourth-order valence-electron chi connectivity index (χ4n) is 2.32. The molecule has 0 saturated heterocycles. The fourth-order valence-corrected chi connectivity index (χ4v) is 2.32. The number of hydrogen-bond acceptors (Lipinski definition) is 3. The van der Waals surface area contributed by atoms with Crippen LogP contribution in [0.5, 0.6) is 0 Å². The first kappa shape index (κ1) is 16.4. The highest BCUT2D eigenvalue weighted by Crippen LogP contribution is 2.23. The van der Waals surface area contributed by atoms with Crippen LogP contribution in [0.25, 0.3) is 0 Å². The van der Waals surface area contributed by atoms with Crippen LogP contribution in [-0.4, -0.2) is 24.0 Å².